The second-order valence-corrected chi connectivity index (χ2v) is 15.0. The van der Waals surface area contributed by atoms with Crippen molar-refractivity contribution >= 4 is 17.6 Å². The van der Waals surface area contributed by atoms with E-state index in [1.807, 2.05) is 6.07 Å². The molecular formula is C44H69ClO2. The van der Waals surface area contributed by atoms with E-state index in [9.17, 15) is 4.79 Å². The first kappa shape index (κ1) is 39.6. The molecule has 264 valence electrons. The van der Waals surface area contributed by atoms with Crippen LogP contribution in [0.3, 0.4) is 0 Å². The van der Waals surface area contributed by atoms with E-state index >= 15 is 0 Å². The van der Waals surface area contributed by atoms with Crippen molar-refractivity contribution in [1.29, 1.82) is 0 Å². The zero-order valence-corrected chi connectivity index (χ0v) is 31.3. The summed E-state index contributed by atoms with van der Waals surface area (Å²) in [7, 11) is 0. The summed E-state index contributed by atoms with van der Waals surface area (Å²) >= 11 is 6.28. The quantitative estimate of drug-likeness (QED) is 0.0545. The minimum absolute atomic E-state index is 0.215. The molecule has 0 aliphatic heterocycles. The molecule has 3 rings (SSSR count). The molecule has 0 N–H and O–H groups in total. The highest BCUT2D eigenvalue weighted by atomic mass is 35.5. The number of carbonyl (C=O) groups excluding carboxylic acids is 1. The Bertz CT molecular complexity index is 1120. The van der Waals surface area contributed by atoms with Gasteiger partial charge in [-0.1, -0.05) is 197 Å². The Labute approximate surface area is 295 Å². The Morgan fingerprint density at radius 2 is 1.02 bits per heavy atom. The molecule has 47 heavy (non-hydrogen) atoms. The van der Waals surface area contributed by atoms with Crippen molar-refractivity contribution in [2.45, 2.75) is 200 Å². The Morgan fingerprint density at radius 3 is 1.47 bits per heavy atom. The fourth-order valence-corrected chi connectivity index (χ4v) is 7.77. The number of aryl methyl sites for hydroxylation is 1. The third-order valence-electron chi connectivity index (χ3n) is 10.5. The van der Waals surface area contributed by atoms with Gasteiger partial charge in [0.1, 0.15) is 6.61 Å². The largest absolute Gasteiger partial charge is 0.461 e. The summed E-state index contributed by atoms with van der Waals surface area (Å²) in [5.74, 6) is -0.215. The van der Waals surface area contributed by atoms with Crippen LogP contribution in [0, 0.1) is 0 Å². The van der Waals surface area contributed by atoms with E-state index in [-0.39, 0.29) is 5.97 Å². The van der Waals surface area contributed by atoms with Crippen molar-refractivity contribution in [2.75, 3.05) is 0 Å². The number of ether oxygens (including phenoxy) is 1. The first-order valence-corrected chi connectivity index (χ1v) is 20.5. The maximum Gasteiger partial charge on any atom is 0.302 e. The molecule has 0 saturated heterocycles. The average molecular weight is 665 g/mol. The zero-order valence-electron chi connectivity index (χ0n) is 30.6. The fraction of sp³-hybridized carbons (Fsp3) is 0.705. The fourth-order valence-electron chi connectivity index (χ4n) is 7.58. The molecule has 3 heteroatoms. The highest BCUT2D eigenvalue weighted by molar-refractivity contribution is 6.30. The number of hydrogen-bond donors (Lipinski definition) is 0. The molecule has 2 nitrogen and oxygen atoms in total. The number of hydrogen-bond acceptors (Lipinski definition) is 2. The van der Waals surface area contributed by atoms with Crippen molar-refractivity contribution in [3.63, 3.8) is 0 Å². The number of unbranched alkanes of at least 4 members (excludes halogenated alkanes) is 25. The molecule has 0 unspecified atom stereocenters. The van der Waals surface area contributed by atoms with Gasteiger partial charge < -0.3 is 4.74 Å². The molecule has 0 amide bonds. The van der Waals surface area contributed by atoms with Gasteiger partial charge in [-0.25, -0.2) is 0 Å². The lowest BCUT2D eigenvalue weighted by molar-refractivity contribution is -0.142. The highest BCUT2D eigenvalue weighted by Crippen LogP contribution is 2.41. The van der Waals surface area contributed by atoms with E-state index in [2.05, 4.69) is 31.2 Å². The van der Waals surface area contributed by atoms with E-state index in [0.29, 0.717) is 6.61 Å². The first-order chi connectivity index (χ1) is 23.1. The van der Waals surface area contributed by atoms with Crippen LogP contribution >= 0.6 is 11.6 Å². The number of rotatable bonds is 29. The molecule has 0 radical (unpaired) electrons. The molecule has 0 saturated carbocycles. The third kappa shape index (κ3) is 16.4. The van der Waals surface area contributed by atoms with Crippen LogP contribution in [0.25, 0.3) is 11.1 Å². The molecule has 1 aliphatic carbocycles. The molecule has 0 aromatic heterocycles. The van der Waals surface area contributed by atoms with Gasteiger partial charge in [-0.15, -0.1) is 0 Å². The van der Waals surface area contributed by atoms with Crippen LogP contribution in [0.4, 0.5) is 0 Å². The van der Waals surface area contributed by atoms with Crippen molar-refractivity contribution in [2.24, 2.45) is 0 Å². The third-order valence-corrected chi connectivity index (χ3v) is 10.7. The van der Waals surface area contributed by atoms with Crippen molar-refractivity contribution < 1.29 is 9.53 Å². The van der Waals surface area contributed by atoms with Crippen LogP contribution < -0.4 is 0 Å². The molecule has 1 aliphatic rings. The molecule has 2 aromatic rings. The number of esters is 1. The maximum absolute atomic E-state index is 11.6. The predicted octanol–water partition coefficient (Wildman–Crippen LogP) is 14.7. The van der Waals surface area contributed by atoms with Gasteiger partial charge in [0.15, 0.2) is 0 Å². The molecule has 0 spiro atoms. The zero-order chi connectivity index (χ0) is 33.4. The summed E-state index contributed by atoms with van der Waals surface area (Å²) in [5.41, 5.74) is 7.68. The predicted molar refractivity (Wildman–Crippen MR) is 205 cm³/mol. The first-order valence-electron chi connectivity index (χ1n) is 20.2. The molecule has 2 aromatic carbocycles. The molecule has 0 heterocycles. The van der Waals surface area contributed by atoms with Crippen molar-refractivity contribution in [3.05, 3.63) is 57.6 Å². The van der Waals surface area contributed by atoms with Gasteiger partial charge in [0.2, 0.25) is 0 Å². The maximum atomic E-state index is 11.6. The minimum atomic E-state index is -0.215. The lowest BCUT2D eigenvalue weighted by Crippen LogP contribution is -2.06. The SMILES string of the molecule is CCCCCCCCCCCCCCCCCCCCCCCCCCCCc1ccc2c(c1COC(C)=O)Cc1cc(Cl)ccc1-2. The lowest BCUT2D eigenvalue weighted by atomic mass is 9.93. The smallest absolute Gasteiger partial charge is 0.302 e. The number of halogens is 1. The van der Waals surface area contributed by atoms with Gasteiger partial charge in [-0.05, 0) is 64.8 Å². The Morgan fingerprint density at radius 1 is 0.596 bits per heavy atom. The van der Waals surface area contributed by atoms with Gasteiger partial charge in [-0.3, -0.25) is 4.79 Å². The summed E-state index contributed by atoms with van der Waals surface area (Å²) in [6, 6.07) is 10.7. The molecule has 0 bridgehead atoms. The monoisotopic (exact) mass is 664 g/mol. The Balaban J connectivity index is 1.11. The van der Waals surface area contributed by atoms with Crippen molar-refractivity contribution in [3.8, 4) is 11.1 Å². The summed E-state index contributed by atoms with van der Waals surface area (Å²) in [5, 5.41) is 0.781. The van der Waals surface area contributed by atoms with Crippen LogP contribution in [-0.4, -0.2) is 5.97 Å². The van der Waals surface area contributed by atoms with Crippen LogP contribution in [0.15, 0.2) is 30.3 Å². The second kappa shape index (κ2) is 25.2. The standard InChI is InChI=1S/C44H69ClO2/c1-3-4-5-6-7-8-9-10-11-12-13-14-15-16-17-18-19-20-21-22-23-24-25-26-27-28-29-38-30-32-42-41-33-31-40(45)34-39(41)35-43(42)44(38)36-47-37(2)46/h30-34H,3-29,35-36H2,1-2H3. The molecule has 0 fully saturated rings. The van der Waals surface area contributed by atoms with Gasteiger partial charge in [0, 0.05) is 11.9 Å². The van der Waals surface area contributed by atoms with E-state index in [0.717, 1.165) is 17.9 Å². The van der Waals surface area contributed by atoms with Gasteiger partial charge in [0.05, 0.1) is 0 Å². The topological polar surface area (TPSA) is 26.3 Å². The summed E-state index contributed by atoms with van der Waals surface area (Å²) in [6.45, 7) is 4.17. The molecule has 0 atom stereocenters. The number of carbonyl (C=O) groups is 1. The van der Waals surface area contributed by atoms with Gasteiger partial charge in [-0.2, -0.15) is 0 Å². The second-order valence-electron chi connectivity index (χ2n) is 14.6. The van der Waals surface area contributed by atoms with E-state index < -0.39 is 0 Å². The highest BCUT2D eigenvalue weighted by Gasteiger charge is 2.23. The Hall–Kier alpha value is -1.80. The summed E-state index contributed by atoms with van der Waals surface area (Å²) in [6.07, 6.45) is 38.9. The van der Waals surface area contributed by atoms with Gasteiger partial charge in [0.25, 0.3) is 0 Å². The summed E-state index contributed by atoms with van der Waals surface area (Å²) in [4.78, 5) is 11.6. The normalized spacial score (nSPS) is 12.0. The van der Waals surface area contributed by atoms with Gasteiger partial charge >= 0.3 is 5.97 Å². The van der Waals surface area contributed by atoms with Crippen LogP contribution in [0.1, 0.15) is 203 Å². The van der Waals surface area contributed by atoms with E-state index in [4.69, 9.17) is 16.3 Å². The van der Waals surface area contributed by atoms with E-state index in [1.165, 1.54) is 207 Å². The van der Waals surface area contributed by atoms with E-state index in [1.54, 1.807) is 0 Å². The minimum Gasteiger partial charge on any atom is -0.461 e. The van der Waals surface area contributed by atoms with Crippen LogP contribution in [0.2, 0.25) is 5.02 Å². The van der Waals surface area contributed by atoms with Crippen molar-refractivity contribution in [1.82, 2.24) is 0 Å². The average Bonchev–Trinajstić information content (AvgIpc) is 3.43. The van der Waals surface area contributed by atoms with Crippen LogP contribution in [-0.2, 0) is 29.0 Å². The molecular weight excluding hydrogens is 596 g/mol. The van der Waals surface area contributed by atoms with Crippen LogP contribution in [0.5, 0.6) is 0 Å². The lowest BCUT2D eigenvalue weighted by Gasteiger charge is -2.15. The number of fused-ring (bicyclic) bond motifs is 3. The Kier molecular flexibility index (Phi) is 21.3. The summed E-state index contributed by atoms with van der Waals surface area (Å²) < 4.78 is 5.51. The number of benzene rings is 2.